The Labute approximate surface area is 283 Å². The zero-order chi connectivity index (χ0) is 34.0. The van der Waals surface area contributed by atoms with Gasteiger partial charge in [-0.3, -0.25) is 33.8 Å². The fourth-order valence-corrected chi connectivity index (χ4v) is 8.03. The molecule has 4 aliphatic heterocycles. The predicted octanol–water partition coefficient (Wildman–Crippen LogP) is 2.58. The van der Waals surface area contributed by atoms with Crippen LogP contribution in [0, 0.1) is 5.41 Å². The maximum atomic E-state index is 13.3. The Morgan fingerprint density at radius 1 is 1.00 bits per heavy atom. The smallest absolute Gasteiger partial charge is 0.293 e. The Kier molecular flexibility index (Phi) is 7.47. The molecule has 6 heterocycles. The number of anilines is 1. The molecule has 1 atom stereocenters. The molecule has 1 unspecified atom stereocenters. The van der Waals surface area contributed by atoms with Gasteiger partial charge >= 0.3 is 0 Å². The summed E-state index contributed by atoms with van der Waals surface area (Å²) >= 11 is 0. The zero-order valence-electron chi connectivity index (χ0n) is 27.9. The van der Waals surface area contributed by atoms with E-state index in [1.54, 1.807) is 49.2 Å². The molecule has 0 radical (unpaired) electrons. The first-order chi connectivity index (χ1) is 23.7. The Hall–Kier alpha value is -5.17. The van der Waals surface area contributed by atoms with Gasteiger partial charge in [0.25, 0.3) is 11.5 Å². The Balaban J connectivity index is 0.925. The lowest BCUT2D eigenvalue weighted by Crippen LogP contribution is -2.60. The summed E-state index contributed by atoms with van der Waals surface area (Å²) in [5, 5.41) is 2.37. The Morgan fingerprint density at radius 2 is 1.73 bits per heavy atom. The number of carbonyl (C=O) groups is 3. The number of piperidine rings is 2. The van der Waals surface area contributed by atoms with Crippen LogP contribution in [-0.4, -0.2) is 87.9 Å². The minimum atomic E-state index is -0.606. The van der Waals surface area contributed by atoms with Gasteiger partial charge in [0.2, 0.25) is 17.5 Å². The van der Waals surface area contributed by atoms with Gasteiger partial charge in [0.05, 0.1) is 25.5 Å². The van der Waals surface area contributed by atoms with Crippen molar-refractivity contribution < 1.29 is 23.9 Å². The molecule has 49 heavy (non-hydrogen) atoms. The Bertz CT molecular complexity index is 2040. The largest absolute Gasteiger partial charge is 0.496 e. The molecule has 254 valence electrons. The van der Waals surface area contributed by atoms with Gasteiger partial charge in [-0.15, -0.1) is 0 Å². The molecule has 2 aromatic heterocycles. The second-order valence-electron chi connectivity index (χ2n) is 13.8. The summed E-state index contributed by atoms with van der Waals surface area (Å²) < 4.78 is 15.1. The average Bonchev–Trinajstić information content (AvgIpc) is 3.71. The molecule has 13 nitrogen and oxygen atoms in total. The summed E-state index contributed by atoms with van der Waals surface area (Å²) in [5.74, 6) is 0.649. The lowest BCUT2D eigenvalue weighted by Gasteiger charge is -2.55. The summed E-state index contributed by atoms with van der Waals surface area (Å²) in [6.45, 7) is 4.85. The van der Waals surface area contributed by atoms with Gasteiger partial charge in [-0.25, -0.2) is 4.98 Å². The highest BCUT2D eigenvalue weighted by Gasteiger charge is 2.46. The number of fused-ring (bicyclic) bond motifs is 2. The van der Waals surface area contributed by atoms with E-state index in [0.29, 0.717) is 30.7 Å². The van der Waals surface area contributed by atoms with E-state index in [9.17, 15) is 19.2 Å². The van der Waals surface area contributed by atoms with Crippen molar-refractivity contribution >= 4 is 29.1 Å². The molecule has 2 aromatic carbocycles. The number of rotatable bonds is 7. The van der Waals surface area contributed by atoms with E-state index in [-0.39, 0.29) is 35.1 Å². The lowest BCUT2D eigenvalue weighted by atomic mass is 9.71. The van der Waals surface area contributed by atoms with E-state index < -0.39 is 6.04 Å². The van der Waals surface area contributed by atoms with E-state index in [2.05, 4.69) is 26.2 Å². The molecule has 1 spiro atoms. The highest BCUT2D eigenvalue weighted by molar-refractivity contribution is 6.05. The van der Waals surface area contributed by atoms with Crippen molar-refractivity contribution in [1.29, 1.82) is 0 Å². The number of ether oxygens (including phenoxy) is 2. The molecule has 4 aromatic rings. The van der Waals surface area contributed by atoms with Gasteiger partial charge in [0, 0.05) is 80.5 Å². The number of methoxy groups -OCH3 is 2. The first-order valence-corrected chi connectivity index (χ1v) is 16.7. The molecule has 0 bridgehead atoms. The molecule has 0 aliphatic carbocycles. The predicted molar refractivity (Wildman–Crippen MR) is 181 cm³/mol. The third-order valence-electron chi connectivity index (χ3n) is 10.9. The number of imide groups is 1. The summed E-state index contributed by atoms with van der Waals surface area (Å²) in [4.78, 5) is 60.6. The summed E-state index contributed by atoms with van der Waals surface area (Å²) in [6.07, 6.45) is 7.95. The van der Waals surface area contributed by atoms with Crippen molar-refractivity contribution in [3.05, 3.63) is 76.0 Å². The van der Waals surface area contributed by atoms with E-state index >= 15 is 0 Å². The summed E-state index contributed by atoms with van der Waals surface area (Å²) in [6, 6.07) is 9.45. The molecule has 8 rings (SSSR count). The SMILES string of the molecule is COc1cc(-c2cn(C)c(=O)c3nccn23)cc(OC)c1CN1CCC2(CC1)CN(c1ccc3c(c1)C(=O)N(C1CCC(=O)NC1=O)C3)C2. The Morgan fingerprint density at radius 3 is 2.43 bits per heavy atom. The topological polar surface area (TPSA) is 131 Å². The van der Waals surface area contributed by atoms with Crippen LogP contribution in [0.25, 0.3) is 16.9 Å². The van der Waals surface area contributed by atoms with Crippen LogP contribution in [0.15, 0.2) is 53.7 Å². The molecule has 3 amide bonds. The van der Waals surface area contributed by atoms with E-state index in [1.807, 2.05) is 24.3 Å². The second kappa shape index (κ2) is 11.8. The van der Waals surface area contributed by atoms with Gasteiger partial charge in [0.1, 0.15) is 17.5 Å². The first kappa shape index (κ1) is 31.1. The molecule has 3 fully saturated rings. The van der Waals surface area contributed by atoms with Crippen molar-refractivity contribution in [2.45, 2.75) is 44.8 Å². The zero-order valence-corrected chi connectivity index (χ0v) is 27.9. The van der Waals surface area contributed by atoms with Gasteiger partial charge in [-0.1, -0.05) is 6.07 Å². The van der Waals surface area contributed by atoms with Crippen LogP contribution in [0.4, 0.5) is 5.69 Å². The fraction of sp³-hybridized carbons (Fsp3) is 0.417. The van der Waals surface area contributed by atoms with Crippen LogP contribution in [0.5, 0.6) is 11.5 Å². The average molecular weight is 666 g/mol. The van der Waals surface area contributed by atoms with Crippen LogP contribution in [0.3, 0.4) is 0 Å². The van der Waals surface area contributed by atoms with Gasteiger partial charge in [-0.2, -0.15) is 0 Å². The van der Waals surface area contributed by atoms with E-state index in [4.69, 9.17) is 9.47 Å². The number of carbonyl (C=O) groups excluding carboxylic acids is 3. The third-order valence-corrected chi connectivity index (χ3v) is 10.9. The highest BCUT2D eigenvalue weighted by Crippen LogP contribution is 2.44. The molecule has 1 N–H and O–H groups in total. The van der Waals surface area contributed by atoms with Gasteiger partial charge in [0.15, 0.2) is 0 Å². The molecule has 4 aliphatic rings. The quantitative estimate of drug-likeness (QED) is 0.296. The van der Waals surface area contributed by atoms with Gasteiger partial charge in [-0.05, 0) is 62.2 Å². The van der Waals surface area contributed by atoms with E-state index in [0.717, 1.165) is 78.6 Å². The highest BCUT2D eigenvalue weighted by atomic mass is 16.5. The number of benzene rings is 2. The molecule has 0 saturated carbocycles. The monoisotopic (exact) mass is 665 g/mol. The molecular formula is C36H39N7O6. The number of likely N-dealkylation sites (tertiary alicyclic amines) is 1. The maximum Gasteiger partial charge on any atom is 0.293 e. The molecular weight excluding hydrogens is 626 g/mol. The summed E-state index contributed by atoms with van der Waals surface area (Å²) in [7, 11) is 5.06. The normalized spacial score (nSPS) is 20.5. The third kappa shape index (κ3) is 5.23. The van der Waals surface area contributed by atoms with Crippen molar-refractivity contribution in [2.24, 2.45) is 12.5 Å². The number of aryl methyl sites for hydroxylation is 1. The van der Waals surface area contributed by atoms with Crippen LogP contribution >= 0.6 is 0 Å². The minimum Gasteiger partial charge on any atom is -0.496 e. The minimum absolute atomic E-state index is 0.141. The summed E-state index contributed by atoms with van der Waals surface area (Å²) in [5.41, 5.74) is 5.69. The number of hydrogen-bond acceptors (Lipinski definition) is 9. The maximum absolute atomic E-state index is 13.3. The molecule has 13 heteroatoms. The van der Waals surface area contributed by atoms with Crippen molar-refractivity contribution in [3.8, 4) is 22.8 Å². The number of nitrogens with zero attached hydrogens (tertiary/aromatic N) is 6. The lowest BCUT2D eigenvalue weighted by molar-refractivity contribution is -0.136. The molecule has 3 saturated heterocycles. The van der Waals surface area contributed by atoms with Crippen LogP contribution in [0.2, 0.25) is 0 Å². The second-order valence-corrected chi connectivity index (χ2v) is 13.8. The number of amides is 3. The van der Waals surface area contributed by atoms with Crippen LogP contribution < -0.4 is 25.2 Å². The van der Waals surface area contributed by atoms with E-state index in [1.165, 1.54) is 4.57 Å². The number of imidazole rings is 1. The number of aromatic nitrogens is 3. The van der Waals surface area contributed by atoms with Crippen molar-refractivity contribution in [3.63, 3.8) is 0 Å². The van der Waals surface area contributed by atoms with Crippen LogP contribution in [0.1, 0.15) is 47.2 Å². The number of nitrogens with one attached hydrogen (secondary N) is 1. The number of hydrogen-bond donors (Lipinski definition) is 1. The fourth-order valence-electron chi connectivity index (χ4n) is 8.03. The first-order valence-electron chi connectivity index (χ1n) is 16.7. The standard InChI is InChI=1S/C36H39N7O6/c1-39-19-28(42-13-10-37-32(42)35(39)47)23-14-29(48-2)26(30(15-23)49-3)18-40-11-8-36(9-12-40)20-41(21-36)24-5-4-22-17-43(34(46)25(22)16-24)27-6-7-31(44)38-33(27)45/h4-5,10,13-16,19,27H,6-9,11-12,17-18,20-21H2,1-3H3,(H,38,44,45). The van der Waals surface area contributed by atoms with Crippen molar-refractivity contribution in [1.82, 2.24) is 29.1 Å². The van der Waals surface area contributed by atoms with Crippen LogP contribution in [-0.2, 0) is 29.7 Å². The van der Waals surface area contributed by atoms with Gasteiger partial charge < -0.3 is 23.8 Å². The van der Waals surface area contributed by atoms with Crippen molar-refractivity contribution in [2.75, 3.05) is 45.3 Å².